The van der Waals surface area contributed by atoms with Crippen LogP contribution in [0.25, 0.3) is 0 Å². The molecule has 0 spiro atoms. The lowest BCUT2D eigenvalue weighted by atomic mass is 9.98. The van der Waals surface area contributed by atoms with E-state index in [1.165, 1.54) is 19.9 Å². The topological polar surface area (TPSA) is 199 Å². The van der Waals surface area contributed by atoms with Gasteiger partial charge in [0, 0.05) is 0 Å². The summed E-state index contributed by atoms with van der Waals surface area (Å²) in [4.78, 5) is 70.7. The number of amides is 3. The average molecular weight is 423 g/mol. The van der Waals surface area contributed by atoms with E-state index < -0.39 is 70.4 Å². The fourth-order valence-corrected chi connectivity index (χ4v) is 2.18. The zero-order chi connectivity index (χ0) is 23.2. The highest BCUT2D eigenvalue weighted by molar-refractivity contribution is 6.15. The molecule has 0 aliphatic carbocycles. The molecule has 0 radical (unpaired) electrons. The summed E-state index contributed by atoms with van der Waals surface area (Å²) in [5.74, 6) is -7.17. The molecule has 0 saturated heterocycles. The zero-order valence-corrected chi connectivity index (χ0v) is 16.3. The molecular formula is C18H21N3O9. The monoisotopic (exact) mass is 423 g/mol. The van der Waals surface area contributed by atoms with Crippen LogP contribution < -0.4 is 16.0 Å². The van der Waals surface area contributed by atoms with Gasteiger partial charge in [-0.05, 0) is 32.9 Å². The van der Waals surface area contributed by atoms with Crippen molar-refractivity contribution >= 4 is 35.6 Å². The van der Waals surface area contributed by atoms with Crippen molar-refractivity contribution in [3.8, 4) is 0 Å². The minimum absolute atomic E-state index is 0.395. The van der Waals surface area contributed by atoms with Crippen LogP contribution in [0.1, 0.15) is 51.8 Å². The van der Waals surface area contributed by atoms with Crippen LogP contribution in [0.3, 0.4) is 0 Å². The Kier molecular flexibility index (Phi) is 8.03. The van der Waals surface area contributed by atoms with Gasteiger partial charge in [-0.25, -0.2) is 0 Å². The van der Waals surface area contributed by atoms with Gasteiger partial charge in [0.15, 0.2) is 0 Å². The van der Waals surface area contributed by atoms with Crippen molar-refractivity contribution in [3.63, 3.8) is 0 Å². The first-order valence-electron chi connectivity index (χ1n) is 8.60. The first-order valence-corrected chi connectivity index (χ1v) is 8.60. The van der Waals surface area contributed by atoms with Crippen molar-refractivity contribution in [3.05, 3.63) is 34.9 Å². The highest BCUT2D eigenvalue weighted by Crippen LogP contribution is 2.17. The summed E-state index contributed by atoms with van der Waals surface area (Å²) in [6, 6.07) is -0.506. The number of benzene rings is 1. The number of hydrogen-bond donors (Lipinski definition) is 6. The first kappa shape index (κ1) is 24.1. The lowest BCUT2D eigenvalue weighted by molar-refractivity contribution is -0.139. The van der Waals surface area contributed by atoms with Gasteiger partial charge in [-0.15, -0.1) is 0 Å². The zero-order valence-electron chi connectivity index (χ0n) is 16.3. The maximum Gasteiger partial charge on any atom is 0.325 e. The van der Waals surface area contributed by atoms with Crippen LogP contribution in [0.4, 0.5) is 0 Å². The van der Waals surface area contributed by atoms with Crippen molar-refractivity contribution in [1.82, 2.24) is 16.0 Å². The first-order chi connectivity index (χ1) is 13.9. The molecule has 30 heavy (non-hydrogen) atoms. The van der Waals surface area contributed by atoms with Crippen LogP contribution in [-0.4, -0.2) is 69.1 Å². The minimum Gasteiger partial charge on any atom is -0.480 e. The van der Waals surface area contributed by atoms with Crippen LogP contribution >= 0.6 is 0 Å². The third kappa shape index (κ3) is 6.02. The van der Waals surface area contributed by atoms with E-state index >= 15 is 0 Å². The molecule has 0 unspecified atom stereocenters. The molecule has 0 aliphatic rings. The van der Waals surface area contributed by atoms with E-state index in [2.05, 4.69) is 16.0 Å². The van der Waals surface area contributed by atoms with Gasteiger partial charge in [0.05, 0.1) is 16.7 Å². The van der Waals surface area contributed by atoms with Crippen molar-refractivity contribution in [2.45, 2.75) is 38.9 Å². The number of carbonyl (C=O) groups excluding carboxylic acids is 3. The Morgan fingerprint density at radius 1 is 0.633 bits per heavy atom. The summed E-state index contributed by atoms with van der Waals surface area (Å²) >= 11 is 0. The Hall–Kier alpha value is -3.96. The number of carbonyl (C=O) groups is 6. The molecule has 0 fully saturated rings. The van der Waals surface area contributed by atoms with Gasteiger partial charge in [-0.3, -0.25) is 28.8 Å². The molecule has 162 valence electrons. The van der Waals surface area contributed by atoms with E-state index in [1.54, 1.807) is 0 Å². The van der Waals surface area contributed by atoms with Crippen molar-refractivity contribution in [2.24, 2.45) is 0 Å². The minimum atomic E-state index is -1.38. The highest BCUT2D eigenvalue weighted by Gasteiger charge is 2.28. The second-order valence-electron chi connectivity index (χ2n) is 6.33. The van der Waals surface area contributed by atoms with E-state index in [4.69, 9.17) is 15.3 Å². The van der Waals surface area contributed by atoms with Gasteiger partial charge in [0.25, 0.3) is 17.7 Å². The van der Waals surface area contributed by atoms with Crippen molar-refractivity contribution in [2.75, 3.05) is 0 Å². The van der Waals surface area contributed by atoms with Gasteiger partial charge in [-0.2, -0.15) is 0 Å². The smallest absolute Gasteiger partial charge is 0.325 e. The van der Waals surface area contributed by atoms with Crippen molar-refractivity contribution < 1.29 is 44.1 Å². The summed E-state index contributed by atoms with van der Waals surface area (Å²) in [7, 11) is 0. The molecule has 0 aromatic heterocycles. The van der Waals surface area contributed by atoms with E-state index in [0.29, 0.717) is 0 Å². The molecule has 1 rings (SSSR count). The normalized spacial score (nSPS) is 13.3. The highest BCUT2D eigenvalue weighted by atomic mass is 16.4. The molecule has 1 aromatic carbocycles. The Bertz CT molecular complexity index is 845. The molecule has 3 atom stereocenters. The standard InChI is InChI=1S/C18H21N3O9/c1-7(16(25)26)19-13(22)10-5-4-6-11(14(23)20-8(2)17(27)28)12(10)15(24)21-9(3)18(29)30/h4-9H,1-3H3,(H,19,22)(H,20,23)(H,21,24)(H,25,26)(H,27,28)(H,29,30)/t7-,8-,9-/m0/s1. The molecule has 0 heterocycles. The molecular weight excluding hydrogens is 402 g/mol. The molecule has 6 N–H and O–H groups in total. The molecule has 0 saturated carbocycles. The quantitative estimate of drug-likeness (QED) is 0.297. The lowest BCUT2D eigenvalue weighted by Crippen LogP contribution is -2.43. The molecule has 12 nitrogen and oxygen atoms in total. The Balaban J connectivity index is 3.46. The average Bonchev–Trinajstić information content (AvgIpc) is 2.66. The Morgan fingerprint density at radius 2 is 0.933 bits per heavy atom. The van der Waals surface area contributed by atoms with Crippen LogP contribution in [0.2, 0.25) is 0 Å². The molecule has 0 aliphatic heterocycles. The SMILES string of the molecule is C[C@H](NC(=O)c1cccc(C(=O)N[C@@H](C)C(=O)O)c1C(=O)N[C@@H](C)C(=O)O)C(=O)O. The molecule has 12 heteroatoms. The molecule has 1 aromatic rings. The van der Waals surface area contributed by atoms with Gasteiger partial charge in [0.1, 0.15) is 18.1 Å². The third-order valence-electron chi connectivity index (χ3n) is 3.93. The van der Waals surface area contributed by atoms with Crippen LogP contribution in [0, 0.1) is 0 Å². The van der Waals surface area contributed by atoms with E-state index in [0.717, 1.165) is 19.1 Å². The summed E-state index contributed by atoms with van der Waals surface area (Å²) < 4.78 is 0. The van der Waals surface area contributed by atoms with Gasteiger partial charge < -0.3 is 31.3 Å². The Labute approximate surface area is 170 Å². The third-order valence-corrected chi connectivity index (χ3v) is 3.93. The fraction of sp³-hybridized carbons (Fsp3) is 0.333. The molecule has 3 amide bonds. The second kappa shape index (κ2) is 10.0. The number of hydrogen-bond acceptors (Lipinski definition) is 6. The van der Waals surface area contributed by atoms with Gasteiger partial charge in [-0.1, -0.05) is 6.07 Å². The predicted octanol–water partition coefficient (Wildman–Crippen LogP) is -0.705. The van der Waals surface area contributed by atoms with Crippen LogP contribution in [0.5, 0.6) is 0 Å². The summed E-state index contributed by atoms with van der Waals surface area (Å²) in [5.41, 5.74) is -1.32. The second-order valence-corrected chi connectivity index (χ2v) is 6.33. The van der Waals surface area contributed by atoms with Crippen LogP contribution in [0.15, 0.2) is 18.2 Å². The van der Waals surface area contributed by atoms with E-state index in [-0.39, 0.29) is 0 Å². The van der Waals surface area contributed by atoms with E-state index in [1.807, 2.05) is 0 Å². The lowest BCUT2D eigenvalue weighted by Gasteiger charge is -2.18. The van der Waals surface area contributed by atoms with Gasteiger partial charge in [0.2, 0.25) is 0 Å². The maximum absolute atomic E-state index is 12.7. The maximum atomic E-state index is 12.7. The number of aliphatic carboxylic acids is 3. The van der Waals surface area contributed by atoms with E-state index in [9.17, 15) is 28.8 Å². The predicted molar refractivity (Wildman–Crippen MR) is 100 cm³/mol. The summed E-state index contributed by atoms with van der Waals surface area (Å²) in [6.45, 7) is 3.51. The largest absolute Gasteiger partial charge is 0.480 e. The number of rotatable bonds is 9. The number of carboxylic acid groups (broad SMARTS) is 3. The molecule has 0 bridgehead atoms. The number of carboxylic acids is 3. The van der Waals surface area contributed by atoms with Crippen LogP contribution in [-0.2, 0) is 14.4 Å². The Morgan fingerprint density at radius 3 is 1.23 bits per heavy atom. The number of nitrogens with one attached hydrogen (secondary N) is 3. The summed E-state index contributed by atoms with van der Waals surface area (Å²) in [6.07, 6.45) is 0. The van der Waals surface area contributed by atoms with Crippen molar-refractivity contribution in [1.29, 1.82) is 0 Å². The fourth-order valence-electron chi connectivity index (χ4n) is 2.18. The summed E-state index contributed by atoms with van der Waals surface area (Å²) in [5, 5.41) is 33.3. The van der Waals surface area contributed by atoms with Gasteiger partial charge >= 0.3 is 17.9 Å².